The molecule has 0 radical (unpaired) electrons. The molecule has 1 aromatic carbocycles. The number of hydrogen-bond acceptors (Lipinski definition) is 3. The van der Waals surface area contributed by atoms with Gasteiger partial charge in [-0.05, 0) is 25.0 Å². The second-order valence-electron chi connectivity index (χ2n) is 4.26. The highest BCUT2D eigenvalue weighted by Gasteiger charge is 2.17. The first-order valence-electron chi connectivity index (χ1n) is 6.33. The van der Waals surface area contributed by atoms with Crippen molar-refractivity contribution in [1.82, 2.24) is 0 Å². The summed E-state index contributed by atoms with van der Waals surface area (Å²) in [7, 11) is 0. The molecule has 0 bridgehead atoms. The van der Waals surface area contributed by atoms with Gasteiger partial charge in [0.2, 0.25) is 0 Å². The number of aliphatic hydroxyl groups excluding tert-OH is 1. The topological polar surface area (TPSA) is 46.5 Å². The largest absolute Gasteiger partial charge is 0.466 e. The first kappa shape index (κ1) is 15.9. The van der Waals surface area contributed by atoms with Crippen LogP contribution in [-0.2, 0) is 9.53 Å². The van der Waals surface area contributed by atoms with Gasteiger partial charge in [0.15, 0.2) is 0 Å². The lowest BCUT2D eigenvalue weighted by atomic mass is 10.0. The van der Waals surface area contributed by atoms with Crippen molar-refractivity contribution in [1.29, 1.82) is 0 Å². The summed E-state index contributed by atoms with van der Waals surface area (Å²) < 4.78 is 18.5. The molecule has 0 spiro atoms. The Balaban J connectivity index is 2.47. The van der Waals surface area contributed by atoms with E-state index in [1.54, 1.807) is 0 Å². The molecule has 0 amide bonds. The quantitative estimate of drug-likeness (QED) is 0.615. The summed E-state index contributed by atoms with van der Waals surface area (Å²) in [6.45, 7) is 2.38. The third-order valence-corrected chi connectivity index (χ3v) is 3.05. The average Bonchev–Trinajstić information content (AvgIpc) is 2.36. The molecule has 0 aromatic heterocycles. The molecule has 0 aliphatic rings. The molecule has 1 N–H and O–H groups in total. The zero-order chi connectivity index (χ0) is 14.3. The minimum Gasteiger partial charge on any atom is -0.466 e. The van der Waals surface area contributed by atoms with Gasteiger partial charge < -0.3 is 9.84 Å². The third-order valence-electron chi connectivity index (χ3n) is 2.72. The number of unbranched alkanes of at least 4 members (excludes halogenated alkanes) is 1. The monoisotopic (exact) mass is 288 g/mol. The van der Waals surface area contributed by atoms with Crippen LogP contribution in [-0.4, -0.2) is 17.7 Å². The standard InChI is InChI=1S/C14H18ClFO3/c1-2-3-9-19-13(18)8-7-12(17)14-10(15)5-4-6-11(14)16/h4-6,12,17H,2-3,7-9H2,1H3. The Morgan fingerprint density at radius 1 is 1.53 bits per heavy atom. The van der Waals surface area contributed by atoms with Gasteiger partial charge in [-0.2, -0.15) is 0 Å². The zero-order valence-electron chi connectivity index (χ0n) is 10.9. The van der Waals surface area contributed by atoms with Crippen molar-refractivity contribution in [2.45, 2.75) is 38.7 Å². The maximum absolute atomic E-state index is 13.5. The number of rotatable bonds is 7. The summed E-state index contributed by atoms with van der Waals surface area (Å²) in [5, 5.41) is 10.0. The maximum Gasteiger partial charge on any atom is 0.305 e. The smallest absolute Gasteiger partial charge is 0.305 e. The predicted octanol–water partition coefficient (Wildman–Crippen LogP) is 3.64. The van der Waals surface area contributed by atoms with E-state index in [1.807, 2.05) is 6.92 Å². The molecule has 5 heteroatoms. The van der Waals surface area contributed by atoms with Gasteiger partial charge in [-0.25, -0.2) is 4.39 Å². The molecule has 106 valence electrons. The van der Waals surface area contributed by atoms with Crippen molar-refractivity contribution in [3.05, 3.63) is 34.6 Å². The molecule has 1 unspecified atom stereocenters. The van der Waals surface area contributed by atoms with Crippen LogP contribution in [0.2, 0.25) is 5.02 Å². The predicted molar refractivity (Wildman–Crippen MR) is 71.5 cm³/mol. The number of carbonyl (C=O) groups excluding carboxylic acids is 1. The molecule has 0 aliphatic carbocycles. The Bertz CT molecular complexity index is 403. The van der Waals surface area contributed by atoms with Gasteiger partial charge >= 0.3 is 5.97 Å². The van der Waals surface area contributed by atoms with Crippen LogP contribution in [0.15, 0.2) is 18.2 Å². The van der Waals surface area contributed by atoms with Crippen molar-refractivity contribution < 1.29 is 19.0 Å². The van der Waals surface area contributed by atoms with Crippen molar-refractivity contribution in [3.8, 4) is 0 Å². The summed E-state index contributed by atoms with van der Waals surface area (Å²) in [6.07, 6.45) is 0.780. The SMILES string of the molecule is CCCCOC(=O)CCC(O)c1c(F)cccc1Cl. The Hall–Kier alpha value is -1.13. The molecule has 0 saturated heterocycles. The van der Waals surface area contributed by atoms with Gasteiger partial charge in [-0.1, -0.05) is 31.0 Å². The first-order chi connectivity index (χ1) is 9.06. The number of carbonyl (C=O) groups is 1. The van der Waals surface area contributed by atoms with E-state index in [4.69, 9.17) is 16.3 Å². The highest BCUT2D eigenvalue weighted by molar-refractivity contribution is 6.31. The lowest BCUT2D eigenvalue weighted by molar-refractivity contribution is -0.144. The molecule has 0 aliphatic heterocycles. The van der Waals surface area contributed by atoms with Crippen molar-refractivity contribution in [2.24, 2.45) is 0 Å². The molecule has 0 fully saturated rings. The van der Waals surface area contributed by atoms with Gasteiger partial charge in [0, 0.05) is 17.0 Å². The second kappa shape index (κ2) is 8.12. The molecular formula is C14H18ClFO3. The summed E-state index contributed by atoms with van der Waals surface area (Å²) >= 11 is 5.83. The number of halogens is 2. The van der Waals surface area contributed by atoms with Crippen molar-refractivity contribution in [2.75, 3.05) is 6.61 Å². The van der Waals surface area contributed by atoms with E-state index < -0.39 is 11.9 Å². The van der Waals surface area contributed by atoms with Crippen molar-refractivity contribution >= 4 is 17.6 Å². The van der Waals surface area contributed by atoms with E-state index >= 15 is 0 Å². The molecule has 0 saturated carbocycles. The van der Waals surface area contributed by atoms with E-state index in [2.05, 4.69) is 0 Å². The Labute approximate surface area is 117 Å². The molecular weight excluding hydrogens is 271 g/mol. The van der Waals surface area contributed by atoms with Crippen molar-refractivity contribution in [3.63, 3.8) is 0 Å². The Morgan fingerprint density at radius 2 is 2.26 bits per heavy atom. The van der Waals surface area contributed by atoms with Crippen LogP contribution in [0, 0.1) is 5.82 Å². The van der Waals surface area contributed by atoms with E-state index in [0.717, 1.165) is 12.8 Å². The highest BCUT2D eigenvalue weighted by Crippen LogP contribution is 2.28. The van der Waals surface area contributed by atoms with Crippen LogP contribution in [0.4, 0.5) is 4.39 Å². The maximum atomic E-state index is 13.5. The summed E-state index contributed by atoms with van der Waals surface area (Å²) in [5.41, 5.74) is 0.0329. The van der Waals surface area contributed by atoms with Gasteiger partial charge in [-0.15, -0.1) is 0 Å². The summed E-state index contributed by atoms with van der Waals surface area (Å²) in [5.74, 6) is -0.959. The fourth-order valence-electron chi connectivity index (χ4n) is 1.63. The van der Waals surface area contributed by atoms with Crippen LogP contribution in [0.3, 0.4) is 0 Å². The number of esters is 1. The van der Waals surface area contributed by atoms with E-state index in [9.17, 15) is 14.3 Å². The van der Waals surface area contributed by atoms with Crippen LogP contribution in [0.5, 0.6) is 0 Å². The molecule has 0 heterocycles. The van der Waals surface area contributed by atoms with E-state index in [-0.39, 0.29) is 29.4 Å². The lowest BCUT2D eigenvalue weighted by Gasteiger charge is -2.13. The number of hydrogen-bond donors (Lipinski definition) is 1. The summed E-state index contributed by atoms with van der Waals surface area (Å²) in [6, 6.07) is 4.19. The molecule has 19 heavy (non-hydrogen) atoms. The molecule has 3 nitrogen and oxygen atoms in total. The summed E-state index contributed by atoms with van der Waals surface area (Å²) in [4.78, 5) is 11.4. The first-order valence-corrected chi connectivity index (χ1v) is 6.71. The normalized spacial score (nSPS) is 12.2. The number of aliphatic hydroxyl groups is 1. The van der Waals surface area contributed by atoms with Crippen LogP contribution in [0.25, 0.3) is 0 Å². The Morgan fingerprint density at radius 3 is 2.89 bits per heavy atom. The lowest BCUT2D eigenvalue weighted by Crippen LogP contribution is -2.09. The second-order valence-corrected chi connectivity index (χ2v) is 4.67. The Kier molecular flexibility index (Phi) is 6.81. The van der Waals surface area contributed by atoms with Crippen LogP contribution < -0.4 is 0 Å². The van der Waals surface area contributed by atoms with Gasteiger partial charge in [0.1, 0.15) is 5.82 Å². The average molecular weight is 289 g/mol. The van der Waals surface area contributed by atoms with Gasteiger partial charge in [0.05, 0.1) is 12.7 Å². The van der Waals surface area contributed by atoms with E-state index in [0.29, 0.717) is 6.61 Å². The minimum atomic E-state index is -1.10. The highest BCUT2D eigenvalue weighted by atomic mass is 35.5. The zero-order valence-corrected chi connectivity index (χ0v) is 11.6. The molecule has 1 rings (SSSR count). The number of benzene rings is 1. The third kappa shape index (κ3) is 5.17. The molecule has 1 aromatic rings. The van der Waals surface area contributed by atoms with Crippen LogP contribution in [0.1, 0.15) is 44.3 Å². The van der Waals surface area contributed by atoms with Gasteiger partial charge in [-0.3, -0.25) is 4.79 Å². The number of ether oxygens (including phenoxy) is 1. The minimum absolute atomic E-state index is 0.0329. The van der Waals surface area contributed by atoms with E-state index in [1.165, 1.54) is 18.2 Å². The fraction of sp³-hybridized carbons (Fsp3) is 0.500. The van der Waals surface area contributed by atoms with Crippen LogP contribution >= 0.6 is 11.6 Å². The molecule has 1 atom stereocenters. The fourth-order valence-corrected chi connectivity index (χ4v) is 1.92. The van der Waals surface area contributed by atoms with Gasteiger partial charge in [0.25, 0.3) is 0 Å².